The van der Waals surface area contributed by atoms with E-state index in [0.717, 1.165) is 0 Å². The number of hydrogen-bond acceptors (Lipinski definition) is 2. The van der Waals surface area contributed by atoms with E-state index in [1.807, 2.05) is 0 Å². The molecule has 0 bridgehead atoms. The molecule has 0 heterocycles. The molecule has 0 unspecified atom stereocenters. The zero-order chi connectivity index (χ0) is 15.9. The van der Waals surface area contributed by atoms with E-state index in [2.05, 4.69) is 0 Å². The Morgan fingerprint density at radius 1 is 1.47 bits per heavy atom. The maximum atomic E-state index is 13.5. The maximum absolute atomic E-state index is 13.5. The zero-order valence-corrected chi connectivity index (χ0v) is 8.20. The summed E-state index contributed by atoms with van der Waals surface area (Å²) in [5.41, 5.74) is 1.13. The molecule has 0 aliphatic carbocycles. The molecule has 5 heteroatoms. The number of benzene rings is 1. The first kappa shape index (κ1) is 6.55. The fraction of sp³-hybridized carbons (Fsp3) is 0.300. The molecule has 0 aliphatic rings. The molecule has 1 aromatic carbocycles. The second-order valence-corrected chi connectivity index (χ2v) is 2.76. The molecule has 1 rings (SSSR count). The van der Waals surface area contributed by atoms with Gasteiger partial charge in [-0.05, 0) is 25.8 Å². The highest BCUT2D eigenvalue weighted by Gasteiger charge is 2.25. The second kappa shape index (κ2) is 4.68. The van der Waals surface area contributed by atoms with Crippen LogP contribution >= 0.6 is 12.4 Å². The predicted octanol–water partition coefficient (Wildman–Crippen LogP) is 2.31. The quantitative estimate of drug-likeness (QED) is 0.808. The molecular formula is C10H12ClF2NO. The highest BCUT2D eigenvalue weighted by Crippen LogP contribution is 2.15. The van der Waals surface area contributed by atoms with Crippen LogP contribution in [0.2, 0.25) is 0 Å². The lowest BCUT2D eigenvalue weighted by atomic mass is 9.94. The van der Waals surface area contributed by atoms with Crippen molar-refractivity contribution in [2.24, 2.45) is 5.73 Å². The van der Waals surface area contributed by atoms with Gasteiger partial charge in [0, 0.05) is 14.3 Å². The van der Waals surface area contributed by atoms with Crippen molar-refractivity contribution in [2.45, 2.75) is 19.2 Å². The Morgan fingerprint density at radius 3 is 2.53 bits per heavy atom. The fourth-order valence-electron chi connectivity index (χ4n) is 0.886. The molecule has 2 nitrogen and oxygen atoms in total. The number of Topliss-reactive ketones (excluding diaryl/α,β-unsaturated/α-hetero) is 1. The van der Waals surface area contributed by atoms with E-state index >= 15 is 0 Å². The summed E-state index contributed by atoms with van der Waals surface area (Å²) < 4.78 is 69.3. The molecule has 2 N–H and O–H groups in total. The highest BCUT2D eigenvalue weighted by molar-refractivity contribution is 6.02. The number of hydrogen-bond donors (Lipinski definition) is 1. The molecular weight excluding hydrogens is 224 g/mol. The first-order valence-electron chi connectivity index (χ1n) is 6.61. The third-order valence-corrected chi connectivity index (χ3v) is 1.53. The Morgan fingerprint density at radius 2 is 2.07 bits per heavy atom. The van der Waals surface area contributed by atoms with Gasteiger partial charge in [0.05, 0.1) is 11.1 Å². The van der Waals surface area contributed by atoms with E-state index in [-0.39, 0.29) is 12.4 Å². The van der Waals surface area contributed by atoms with Gasteiger partial charge in [0.2, 0.25) is 0 Å². The van der Waals surface area contributed by atoms with Crippen LogP contribution in [0.25, 0.3) is 0 Å². The minimum Gasteiger partial charge on any atom is -0.319 e. The smallest absolute Gasteiger partial charge is 0.184 e. The minimum absolute atomic E-state index is 0. The van der Waals surface area contributed by atoms with Crippen molar-refractivity contribution in [3.05, 3.63) is 35.4 Å². The monoisotopic (exact) mass is 241 g/mol. The molecule has 0 radical (unpaired) electrons. The van der Waals surface area contributed by atoms with Crippen LogP contribution in [0, 0.1) is 11.6 Å². The van der Waals surface area contributed by atoms with Crippen molar-refractivity contribution >= 4 is 18.2 Å². The van der Waals surface area contributed by atoms with Gasteiger partial charge in [0.15, 0.2) is 5.78 Å². The number of rotatable bonds is 2. The third-order valence-electron chi connectivity index (χ3n) is 1.53. The first-order chi connectivity index (χ1) is 8.82. The number of nitrogens with two attached hydrogens (primary N) is 1. The summed E-state index contributed by atoms with van der Waals surface area (Å²) in [7, 11) is 0. The summed E-state index contributed by atoms with van der Waals surface area (Å²) in [6.45, 7) is -6.79. The first-order valence-corrected chi connectivity index (χ1v) is 3.61. The molecule has 0 aliphatic heterocycles. The van der Waals surface area contributed by atoms with Crippen molar-refractivity contribution in [1.82, 2.24) is 0 Å². The van der Waals surface area contributed by atoms with Crippen LogP contribution in [0.3, 0.4) is 0 Å². The van der Waals surface area contributed by atoms with Crippen LogP contribution in [0.1, 0.15) is 32.3 Å². The van der Waals surface area contributed by atoms with Crippen molar-refractivity contribution in [1.29, 1.82) is 0 Å². The molecule has 84 valence electrons. The van der Waals surface area contributed by atoms with Gasteiger partial charge >= 0.3 is 0 Å². The van der Waals surface area contributed by atoms with Crippen molar-refractivity contribution < 1.29 is 21.8 Å². The molecule has 0 saturated heterocycles. The van der Waals surface area contributed by atoms with E-state index in [9.17, 15) is 13.6 Å². The van der Waals surface area contributed by atoms with Crippen molar-refractivity contribution in [3.8, 4) is 0 Å². The summed E-state index contributed by atoms with van der Waals surface area (Å²) in [5.74, 6) is -4.00. The Labute approximate surface area is 101 Å². The molecule has 0 spiro atoms. The molecule has 0 atom stereocenters. The molecule has 0 fully saturated rings. The minimum atomic E-state index is -3.39. The molecule has 0 amide bonds. The van der Waals surface area contributed by atoms with Gasteiger partial charge in [-0.15, -0.1) is 12.4 Å². The number of ketones is 1. The maximum Gasteiger partial charge on any atom is 0.184 e. The number of halogens is 3. The summed E-state index contributed by atoms with van der Waals surface area (Å²) >= 11 is 0. The molecule has 15 heavy (non-hydrogen) atoms. The average Bonchev–Trinajstić information content (AvgIpc) is 2.24. The van der Waals surface area contributed by atoms with E-state index in [1.165, 1.54) is 0 Å². The van der Waals surface area contributed by atoms with Crippen LogP contribution in [0.5, 0.6) is 0 Å². The average molecular weight is 242 g/mol. The lowest BCUT2D eigenvalue weighted by Crippen LogP contribution is -2.41. The van der Waals surface area contributed by atoms with Crippen LogP contribution in [-0.2, 0) is 0 Å². The van der Waals surface area contributed by atoms with Gasteiger partial charge in [0.1, 0.15) is 11.6 Å². The van der Waals surface area contributed by atoms with Crippen LogP contribution < -0.4 is 5.73 Å². The highest BCUT2D eigenvalue weighted by atomic mass is 35.5. The van der Waals surface area contributed by atoms with Crippen LogP contribution in [0.4, 0.5) is 8.78 Å². The van der Waals surface area contributed by atoms with Gasteiger partial charge in [-0.3, -0.25) is 4.79 Å². The van der Waals surface area contributed by atoms with E-state index in [0.29, 0.717) is 18.2 Å². The number of carbonyl (C=O) groups is 1. The summed E-state index contributed by atoms with van der Waals surface area (Å²) in [6, 6.07) is 1.70. The predicted molar refractivity (Wildman–Crippen MR) is 56.2 cm³/mol. The van der Waals surface area contributed by atoms with Crippen molar-refractivity contribution in [3.63, 3.8) is 0 Å². The largest absolute Gasteiger partial charge is 0.319 e. The van der Waals surface area contributed by atoms with Crippen LogP contribution in [0.15, 0.2) is 18.2 Å². The lowest BCUT2D eigenvalue weighted by molar-refractivity contribution is 0.0909. The number of carbonyl (C=O) groups excluding carboxylic acids is 1. The van der Waals surface area contributed by atoms with Gasteiger partial charge in [0.25, 0.3) is 0 Å². The van der Waals surface area contributed by atoms with E-state index in [4.69, 9.17) is 14.0 Å². The van der Waals surface area contributed by atoms with Gasteiger partial charge in [-0.2, -0.15) is 0 Å². The molecule has 0 saturated carbocycles. The summed E-state index contributed by atoms with van der Waals surface area (Å²) in [4.78, 5) is 12.1. The topological polar surface area (TPSA) is 43.1 Å². The Bertz CT molecular complexity index is 531. The van der Waals surface area contributed by atoms with Gasteiger partial charge in [-0.1, -0.05) is 0 Å². The van der Waals surface area contributed by atoms with Gasteiger partial charge < -0.3 is 5.73 Å². The lowest BCUT2D eigenvalue weighted by Gasteiger charge is -2.16. The SMILES string of the molecule is Cl.[2H]C([2H])([2H])C(N)(C(=O)c1ccc(F)cc1F)C([2H])([2H])[2H]. The van der Waals surface area contributed by atoms with E-state index in [1.54, 1.807) is 0 Å². The Kier molecular flexibility index (Phi) is 2.04. The zero-order valence-electron chi connectivity index (χ0n) is 13.4. The third kappa shape index (κ3) is 3.25. The second-order valence-electron chi connectivity index (χ2n) is 2.76. The summed E-state index contributed by atoms with van der Waals surface area (Å²) in [5, 5.41) is 0. The summed E-state index contributed by atoms with van der Waals surface area (Å²) in [6.07, 6.45) is 0. The van der Waals surface area contributed by atoms with Crippen LogP contribution in [-0.4, -0.2) is 11.3 Å². The molecule has 0 aromatic heterocycles. The standard InChI is InChI=1S/C10H11F2NO.ClH/c1-10(2,13)9(14)7-4-3-6(11)5-8(7)12;/h3-5H,13H2,1-2H3;1H/i1D3,2D3;. The van der Waals surface area contributed by atoms with Gasteiger partial charge in [-0.25, -0.2) is 8.78 Å². The van der Waals surface area contributed by atoms with E-state index < -0.39 is 42.2 Å². The fourth-order valence-corrected chi connectivity index (χ4v) is 0.886. The van der Waals surface area contributed by atoms with Crippen molar-refractivity contribution in [2.75, 3.05) is 0 Å². The Balaban J connectivity index is 0.00000400. The Hall–Kier alpha value is -1.00. The molecule has 1 aromatic rings. The normalized spacial score (nSPS) is 18.3.